The number of nitrogens with one attached hydrogen (secondary N) is 1. The monoisotopic (exact) mass is 591 g/mol. The number of hydrogen-bond donors (Lipinski definition) is 1. The van der Waals surface area contributed by atoms with Crippen molar-refractivity contribution in [3.05, 3.63) is 64.8 Å². The molecule has 2 aromatic carbocycles. The van der Waals surface area contributed by atoms with Crippen molar-refractivity contribution in [2.75, 3.05) is 37.7 Å². The number of halogens is 3. The molecule has 1 fully saturated rings. The molecule has 0 amide bonds. The zero-order valence-corrected chi connectivity index (χ0v) is 23.0. The number of fused-ring (bicyclic) bond motifs is 1. The lowest BCUT2D eigenvalue weighted by Crippen LogP contribution is -2.43. The minimum absolute atomic E-state index is 0.224. The normalized spacial score (nSPS) is 18.8. The van der Waals surface area contributed by atoms with Crippen LogP contribution in [0.2, 0.25) is 0 Å². The lowest BCUT2D eigenvalue weighted by Gasteiger charge is -2.34. The van der Waals surface area contributed by atoms with Gasteiger partial charge in [-0.05, 0) is 86.2 Å². The zero-order chi connectivity index (χ0) is 29.7. The van der Waals surface area contributed by atoms with Gasteiger partial charge < -0.3 is 39.3 Å². The van der Waals surface area contributed by atoms with Gasteiger partial charge in [-0.2, -0.15) is 0 Å². The summed E-state index contributed by atoms with van der Waals surface area (Å²) >= 11 is 0. The molecule has 5 rings (SSSR count). The van der Waals surface area contributed by atoms with Gasteiger partial charge in [0.15, 0.2) is 5.60 Å². The average Bonchev–Trinajstić information content (AvgIpc) is 3.48. The van der Waals surface area contributed by atoms with Gasteiger partial charge in [0.25, 0.3) is 0 Å². The van der Waals surface area contributed by atoms with E-state index < -0.39 is 16.9 Å². The summed E-state index contributed by atoms with van der Waals surface area (Å²) in [5.74, 6) is 0.699. The Morgan fingerprint density at radius 1 is 1.07 bits per heavy atom. The lowest BCUT2D eigenvalue weighted by molar-refractivity contribution is -0.389. The Bertz CT molecular complexity index is 1320. The van der Waals surface area contributed by atoms with Crippen LogP contribution in [0.5, 0.6) is 23.3 Å². The van der Waals surface area contributed by atoms with E-state index in [2.05, 4.69) is 19.9 Å². The summed E-state index contributed by atoms with van der Waals surface area (Å²) < 4.78 is 59.6. The van der Waals surface area contributed by atoms with Crippen LogP contribution in [0.15, 0.2) is 54.7 Å². The molecule has 226 valence electrons. The molecule has 2 aliphatic heterocycles. The van der Waals surface area contributed by atoms with Crippen LogP contribution >= 0.6 is 0 Å². The van der Waals surface area contributed by atoms with Crippen LogP contribution in [-0.4, -0.2) is 65.3 Å². The molecule has 3 aromatic rings. The highest BCUT2D eigenvalue weighted by Gasteiger charge is 2.41. The van der Waals surface area contributed by atoms with Gasteiger partial charge in [0.1, 0.15) is 30.1 Å². The van der Waals surface area contributed by atoms with Crippen LogP contribution < -0.4 is 29.2 Å². The van der Waals surface area contributed by atoms with Gasteiger partial charge in [-0.15, -0.1) is 13.2 Å². The van der Waals surface area contributed by atoms with E-state index in [0.717, 1.165) is 44.6 Å². The highest BCUT2D eigenvalue weighted by atomic mass is 19.4. The maximum Gasteiger partial charge on any atom is 0.573 e. The van der Waals surface area contributed by atoms with E-state index >= 15 is 0 Å². The van der Waals surface area contributed by atoms with Gasteiger partial charge in [-0.1, -0.05) is 0 Å². The molecule has 42 heavy (non-hydrogen) atoms. The Labute approximate surface area is 240 Å². The predicted octanol–water partition coefficient (Wildman–Crippen LogP) is 4.95. The summed E-state index contributed by atoms with van der Waals surface area (Å²) in [5, 5.41) is 14.5. The van der Waals surface area contributed by atoms with Crippen molar-refractivity contribution in [3.8, 4) is 23.3 Å². The van der Waals surface area contributed by atoms with Gasteiger partial charge in [-0.25, -0.2) is 0 Å². The first kappa shape index (κ1) is 29.3. The highest BCUT2D eigenvalue weighted by molar-refractivity contribution is 5.49. The fraction of sp³-hybridized carbons (Fsp3) is 0.464. The molecule has 0 saturated carbocycles. The third-order valence-corrected chi connectivity index (χ3v) is 7.08. The second-order valence-electron chi connectivity index (χ2n) is 10.5. The number of rotatable bonds is 12. The quantitative estimate of drug-likeness (QED) is 0.178. The minimum atomic E-state index is -4.71. The number of ether oxygens (including phenoxy) is 4. The Morgan fingerprint density at radius 2 is 1.71 bits per heavy atom. The molecule has 11 nitrogen and oxygen atoms in total. The first-order valence-electron chi connectivity index (χ1n) is 13.7. The van der Waals surface area contributed by atoms with Crippen molar-refractivity contribution in [3.63, 3.8) is 0 Å². The first-order valence-corrected chi connectivity index (χ1v) is 13.7. The van der Waals surface area contributed by atoms with Crippen molar-refractivity contribution in [2.45, 2.75) is 50.7 Å². The predicted molar refractivity (Wildman–Crippen MR) is 146 cm³/mol. The number of imidazole rings is 1. The molecule has 0 spiro atoms. The van der Waals surface area contributed by atoms with Gasteiger partial charge in [0.2, 0.25) is 0 Å². The number of anilines is 1. The molecule has 3 heterocycles. The highest BCUT2D eigenvalue weighted by Crippen LogP contribution is 2.32. The molecular formula is C28H32F3N5O6. The number of hydrogen-bond acceptors (Lipinski definition) is 9. The lowest BCUT2D eigenvalue weighted by atomic mass is 10.0. The Balaban J connectivity index is 0.968. The maximum atomic E-state index is 12.2. The van der Waals surface area contributed by atoms with Crippen LogP contribution in [0.1, 0.15) is 26.2 Å². The molecule has 0 aliphatic carbocycles. The van der Waals surface area contributed by atoms with E-state index in [4.69, 9.17) is 14.2 Å². The fourth-order valence-corrected chi connectivity index (χ4v) is 4.99. The molecule has 2 aliphatic rings. The molecule has 0 bridgehead atoms. The molecule has 1 atom stereocenters. The van der Waals surface area contributed by atoms with E-state index in [1.807, 2.05) is 31.2 Å². The fourth-order valence-electron chi connectivity index (χ4n) is 4.99. The number of nitrogens with zero attached hydrogens (tertiary/aromatic N) is 4. The van der Waals surface area contributed by atoms with Crippen molar-refractivity contribution < 1.29 is 37.0 Å². The summed E-state index contributed by atoms with van der Waals surface area (Å²) in [5.41, 5.74) is 0.453. The molecule has 1 N–H and O–H groups in total. The Hall–Kier alpha value is -4.20. The van der Waals surface area contributed by atoms with E-state index in [-0.39, 0.29) is 24.2 Å². The van der Waals surface area contributed by atoms with E-state index in [0.29, 0.717) is 30.7 Å². The molecular weight excluding hydrogens is 559 g/mol. The third-order valence-electron chi connectivity index (χ3n) is 7.08. The van der Waals surface area contributed by atoms with Crippen molar-refractivity contribution in [1.82, 2.24) is 14.9 Å². The third kappa shape index (κ3) is 7.75. The molecule has 1 aromatic heterocycles. The molecule has 0 radical (unpaired) electrons. The van der Waals surface area contributed by atoms with E-state index in [1.54, 1.807) is 4.57 Å². The number of piperidine rings is 1. The number of alkyl halides is 3. The molecule has 0 unspecified atom stereocenters. The van der Waals surface area contributed by atoms with Crippen LogP contribution in [0, 0.1) is 10.1 Å². The Kier molecular flexibility index (Phi) is 8.61. The maximum absolute atomic E-state index is 12.2. The van der Waals surface area contributed by atoms with Crippen LogP contribution in [0.4, 0.5) is 24.7 Å². The Morgan fingerprint density at radius 3 is 2.36 bits per heavy atom. The molecule has 1 saturated heterocycles. The summed E-state index contributed by atoms with van der Waals surface area (Å²) in [7, 11) is 0. The van der Waals surface area contributed by atoms with Gasteiger partial charge in [0, 0.05) is 29.8 Å². The van der Waals surface area contributed by atoms with Gasteiger partial charge >= 0.3 is 18.2 Å². The van der Waals surface area contributed by atoms with Crippen LogP contribution in [-0.2, 0) is 6.54 Å². The van der Waals surface area contributed by atoms with Crippen LogP contribution in [0.3, 0.4) is 0 Å². The van der Waals surface area contributed by atoms with Crippen molar-refractivity contribution >= 4 is 11.5 Å². The zero-order valence-electron chi connectivity index (χ0n) is 23.0. The van der Waals surface area contributed by atoms with Crippen LogP contribution in [0.25, 0.3) is 0 Å². The topological polar surface area (TPSA) is 113 Å². The smallest absolute Gasteiger partial charge is 0.494 e. The standard InChI is InChI=1S/C28H32F3N5O6/c1-27(18-35-17-25(36(37)38)33-26(35)42-27)19-40-23-5-3-21(4-6-23)34-14-11-20(12-15-34)32-13-2-16-39-22-7-9-24(10-8-22)41-28(29,30)31/h3-10,17,20,32H,2,11-16,18-19H2,1H3/t27-/m1/s1. The average molecular weight is 592 g/mol. The summed E-state index contributed by atoms with van der Waals surface area (Å²) in [4.78, 5) is 16.6. The minimum Gasteiger partial charge on any atom is -0.494 e. The summed E-state index contributed by atoms with van der Waals surface area (Å²) in [6.07, 6.45) is -0.561. The van der Waals surface area contributed by atoms with Gasteiger partial charge in [-0.3, -0.25) is 4.57 Å². The largest absolute Gasteiger partial charge is 0.573 e. The van der Waals surface area contributed by atoms with E-state index in [1.165, 1.54) is 30.5 Å². The summed E-state index contributed by atoms with van der Waals surface area (Å²) in [6.45, 7) is 5.65. The van der Waals surface area contributed by atoms with Gasteiger partial charge in [0.05, 0.1) is 13.2 Å². The van der Waals surface area contributed by atoms with Crippen molar-refractivity contribution in [1.29, 1.82) is 0 Å². The van der Waals surface area contributed by atoms with Crippen molar-refractivity contribution in [2.24, 2.45) is 0 Å². The number of nitro groups is 1. The molecule has 14 heteroatoms. The first-order chi connectivity index (χ1) is 20.1. The SMILES string of the molecule is C[C@]1(COc2ccc(N3CCC(NCCCOc4ccc(OC(F)(F)F)cc4)CC3)cc2)Cn2cc([N+](=O)[O-])nc2O1. The second-order valence-corrected chi connectivity index (χ2v) is 10.5. The second kappa shape index (κ2) is 12.3. The summed E-state index contributed by atoms with van der Waals surface area (Å²) in [6, 6.07) is 13.9. The number of benzene rings is 2. The van der Waals surface area contributed by atoms with E-state index in [9.17, 15) is 23.3 Å². The number of aromatic nitrogens is 2.